The second kappa shape index (κ2) is 6.83. The number of benzene rings is 2. The first kappa shape index (κ1) is 14.2. The maximum absolute atomic E-state index is 12.4. The van der Waals surface area contributed by atoms with Crippen LogP contribution in [-0.4, -0.2) is 37.0 Å². The van der Waals surface area contributed by atoms with E-state index in [9.17, 15) is 4.79 Å². The summed E-state index contributed by atoms with van der Waals surface area (Å²) in [4.78, 5) is 14.7. The van der Waals surface area contributed by atoms with Gasteiger partial charge in [-0.2, -0.15) is 0 Å². The van der Waals surface area contributed by atoms with Crippen molar-refractivity contribution in [1.29, 1.82) is 0 Å². The Bertz CT molecular complexity index is 615. The van der Waals surface area contributed by atoms with Gasteiger partial charge in [0.1, 0.15) is 0 Å². The van der Waals surface area contributed by atoms with E-state index in [1.807, 2.05) is 30.3 Å². The zero-order chi connectivity index (χ0) is 14.5. The highest BCUT2D eigenvalue weighted by molar-refractivity contribution is 6.00. The van der Waals surface area contributed by atoms with Gasteiger partial charge in [0.05, 0.1) is 0 Å². The normalized spacial score (nSPS) is 16.8. The first-order chi connectivity index (χ1) is 10.3. The van der Waals surface area contributed by atoms with E-state index >= 15 is 0 Å². The summed E-state index contributed by atoms with van der Waals surface area (Å²) in [6.45, 7) is 3.94. The monoisotopic (exact) mass is 282 g/mol. The second-order valence-electron chi connectivity index (χ2n) is 5.72. The van der Waals surface area contributed by atoms with E-state index in [0.717, 1.165) is 37.3 Å². The van der Waals surface area contributed by atoms with Crippen LogP contribution >= 0.6 is 0 Å². The second-order valence-corrected chi connectivity index (χ2v) is 5.72. The van der Waals surface area contributed by atoms with E-state index in [4.69, 9.17) is 0 Å². The largest absolute Gasteiger partial charge is 0.304 e. The minimum Gasteiger partial charge on any atom is -0.304 e. The average molecular weight is 282 g/mol. The molecule has 1 saturated heterocycles. The first-order valence-corrected chi connectivity index (χ1v) is 7.78. The highest BCUT2D eigenvalue weighted by Gasteiger charge is 2.12. The van der Waals surface area contributed by atoms with E-state index in [1.165, 1.54) is 18.2 Å². The molecule has 0 aromatic heterocycles. The smallest absolute Gasteiger partial charge is 0.164 e. The number of nitrogens with zero attached hydrogens (tertiary/aromatic N) is 1. The number of nitrogens with one attached hydrogen (secondary N) is 1. The molecule has 1 aliphatic rings. The van der Waals surface area contributed by atoms with Crippen molar-refractivity contribution in [1.82, 2.24) is 10.2 Å². The van der Waals surface area contributed by atoms with Gasteiger partial charge in [-0.25, -0.2) is 0 Å². The molecule has 2 aromatic carbocycles. The third-order valence-corrected chi connectivity index (χ3v) is 4.14. The molecule has 3 heteroatoms. The predicted molar refractivity (Wildman–Crippen MR) is 86.6 cm³/mol. The molecule has 0 bridgehead atoms. The summed E-state index contributed by atoms with van der Waals surface area (Å²) in [5.74, 6) is 0.241. The standard InChI is InChI=1S/C18H22N2O/c21-18(9-12-20-11-4-3-10-19-14-20)17-8-7-15-5-1-2-6-16(15)13-17/h1-2,5-8,13,19H,3-4,9-12,14H2. The van der Waals surface area contributed by atoms with Crippen LogP contribution in [0.25, 0.3) is 10.8 Å². The summed E-state index contributed by atoms with van der Waals surface area (Å²) >= 11 is 0. The van der Waals surface area contributed by atoms with Crippen molar-refractivity contribution < 1.29 is 4.79 Å². The topological polar surface area (TPSA) is 32.3 Å². The lowest BCUT2D eigenvalue weighted by Gasteiger charge is -2.19. The van der Waals surface area contributed by atoms with Crippen LogP contribution in [0.15, 0.2) is 42.5 Å². The molecule has 1 aliphatic heterocycles. The number of carbonyl (C=O) groups is 1. The molecule has 0 radical (unpaired) electrons. The summed E-state index contributed by atoms with van der Waals surface area (Å²) in [5.41, 5.74) is 0.830. The molecule has 1 fully saturated rings. The zero-order valence-corrected chi connectivity index (χ0v) is 12.3. The van der Waals surface area contributed by atoms with Crippen LogP contribution in [0.5, 0.6) is 0 Å². The van der Waals surface area contributed by atoms with Gasteiger partial charge >= 0.3 is 0 Å². The van der Waals surface area contributed by atoms with Crippen LogP contribution in [0.1, 0.15) is 29.6 Å². The van der Waals surface area contributed by atoms with Gasteiger partial charge in [-0.15, -0.1) is 0 Å². The van der Waals surface area contributed by atoms with Crippen LogP contribution in [0.3, 0.4) is 0 Å². The lowest BCUT2D eigenvalue weighted by molar-refractivity contribution is 0.0963. The summed E-state index contributed by atoms with van der Waals surface area (Å²) in [5, 5.41) is 5.72. The molecule has 2 aromatic rings. The Morgan fingerprint density at radius 3 is 2.86 bits per heavy atom. The van der Waals surface area contributed by atoms with Crippen LogP contribution < -0.4 is 5.32 Å². The Kier molecular flexibility index (Phi) is 4.63. The fourth-order valence-electron chi connectivity index (χ4n) is 2.86. The molecule has 0 spiro atoms. The number of hydrogen-bond acceptors (Lipinski definition) is 3. The first-order valence-electron chi connectivity index (χ1n) is 7.78. The molecule has 3 rings (SSSR count). The Morgan fingerprint density at radius 1 is 1.10 bits per heavy atom. The van der Waals surface area contributed by atoms with Gasteiger partial charge in [0, 0.05) is 25.2 Å². The molecule has 1 heterocycles. The molecule has 110 valence electrons. The third-order valence-electron chi connectivity index (χ3n) is 4.14. The predicted octanol–water partition coefficient (Wildman–Crippen LogP) is 3.06. The number of fused-ring (bicyclic) bond motifs is 1. The lowest BCUT2D eigenvalue weighted by atomic mass is 10.0. The van der Waals surface area contributed by atoms with Crippen molar-refractivity contribution in [2.75, 3.05) is 26.3 Å². The van der Waals surface area contributed by atoms with E-state index in [2.05, 4.69) is 22.3 Å². The van der Waals surface area contributed by atoms with Crippen LogP contribution in [0.4, 0.5) is 0 Å². The van der Waals surface area contributed by atoms with E-state index < -0.39 is 0 Å². The van der Waals surface area contributed by atoms with Gasteiger partial charge in [0.25, 0.3) is 0 Å². The Labute approximate surface area is 125 Å². The number of hydrogen-bond donors (Lipinski definition) is 1. The molecule has 1 N–H and O–H groups in total. The molecule has 0 unspecified atom stereocenters. The third kappa shape index (κ3) is 3.69. The van der Waals surface area contributed by atoms with Gasteiger partial charge in [0.2, 0.25) is 0 Å². The molecular weight excluding hydrogens is 260 g/mol. The quantitative estimate of drug-likeness (QED) is 0.875. The SMILES string of the molecule is O=C(CCN1CCCCNC1)c1ccc2ccccc2c1. The van der Waals surface area contributed by atoms with Crippen molar-refractivity contribution >= 4 is 16.6 Å². The molecular formula is C18H22N2O. The highest BCUT2D eigenvalue weighted by Crippen LogP contribution is 2.17. The highest BCUT2D eigenvalue weighted by atomic mass is 16.1. The Balaban J connectivity index is 1.63. The van der Waals surface area contributed by atoms with Crippen molar-refractivity contribution in [2.24, 2.45) is 0 Å². The summed E-state index contributed by atoms with van der Waals surface area (Å²) in [6.07, 6.45) is 3.05. The summed E-state index contributed by atoms with van der Waals surface area (Å²) < 4.78 is 0. The molecule has 0 saturated carbocycles. The number of carbonyl (C=O) groups excluding carboxylic acids is 1. The zero-order valence-electron chi connectivity index (χ0n) is 12.3. The van der Waals surface area contributed by atoms with Crippen molar-refractivity contribution in [2.45, 2.75) is 19.3 Å². The minimum atomic E-state index is 0.241. The van der Waals surface area contributed by atoms with Crippen LogP contribution in [0, 0.1) is 0 Å². The molecule has 0 aliphatic carbocycles. The van der Waals surface area contributed by atoms with Crippen molar-refractivity contribution in [3.63, 3.8) is 0 Å². The van der Waals surface area contributed by atoms with Gasteiger partial charge in [-0.05, 0) is 42.8 Å². The van der Waals surface area contributed by atoms with E-state index in [1.54, 1.807) is 0 Å². The van der Waals surface area contributed by atoms with Crippen LogP contribution in [-0.2, 0) is 0 Å². The summed E-state index contributed by atoms with van der Waals surface area (Å²) in [6, 6.07) is 14.2. The fourth-order valence-corrected chi connectivity index (χ4v) is 2.86. The molecule has 21 heavy (non-hydrogen) atoms. The molecule has 0 atom stereocenters. The lowest BCUT2D eigenvalue weighted by Crippen LogP contribution is -2.34. The number of Topliss-reactive ketones (excluding diaryl/α,β-unsaturated/α-hetero) is 1. The van der Waals surface area contributed by atoms with Gasteiger partial charge in [-0.3, -0.25) is 9.69 Å². The maximum Gasteiger partial charge on any atom is 0.164 e. The fraction of sp³-hybridized carbons (Fsp3) is 0.389. The van der Waals surface area contributed by atoms with Crippen molar-refractivity contribution in [3.05, 3.63) is 48.0 Å². The number of rotatable bonds is 4. The number of ketones is 1. The molecule has 3 nitrogen and oxygen atoms in total. The summed E-state index contributed by atoms with van der Waals surface area (Å²) in [7, 11) is 0. The van der Waals surface area contributed by atoms with Gasteiger partial charge in [-0.1, -0.05) is 36.4 Å². The Hall–Kier alpha value is -1.71. The van der Waals surface area contributed by atoms with Crippen LogP contribution in [0.2, 0.25) is 0 Å². The van der Waals surface area contributed by atoms with Gasteiger partial charge < -0.3 is 5.32 Å². The average Bonchev–Trinajstić information content (AvgIpc) is 2.81. The van der Waals surface area contributed by atoms with E-state index in [-0.39, 0.29) is 5.78 Å². The van der Waals surface area contributed by atoms with Gasteiger partial charge in [0.15, 0.2) is 5.78 Å². The van der Waals surface area contributed by atoms with Crippen molar-refractivity contribution in [3.8, 4) is 0 Å². The Morgan fingerprint density at radius 2 is 1.95 bits per heavy atom. The maximum atomic E-state index is 12.4. The minimum absolute atomic E-state index is 0.241. The molecule has 0 amide bonds. The van der Waals surface area contributed by atoms with E-state index in [0.29, 0.717) is 6.42 Å².